The molecule has 0 aliphatic rings. The van der Waals surface area contributed by atoms with E-state index in [1.807, 2.05) is 73.7 Å². The third-order valence-electron chi connectivity index (χ3n) is 5.87. The van der Waals surface area contributed by atoms with Crippen LogP contribution in [0.15, 0.2) is 78.9 Å². The highest BCUT2D eigenvalue weighted by atomic mass is 16.5. The lowest BCUT2D eigenvalue weighted by atomic mass is 10.1. The van der Waals surface area contributed by atoms with Gasteiger partial charge in [0.25, 0.3) is 0 Å². The molecule has 0 saturated carbocycles. The number of carboxylic acid groups (broad SMARTS) is 1. The number of para-hydroxylation sites is 1. The lowest BCUT2D eigenvalue weighted by Gasteiger charge is -2.14. The van der Waals surface area contributed by atoms with E-state index in [9.17, 15) is 9.90 Å². The van der Waals surface area contributed by atoms with Crippen molar-refractivity contribution in [3.05, 3.63) is 90.1 Å². The summed E-state index contributed by atoms with van der Waals surface area (Å²) in [6.07, 6.45) is -0.0585. The molecule has 0 radical (unpaired) electrons. The Bertz CT molecular complexity index is 1470. The maximum Gasteiger partial charge on any atom is 0.307 e. The zero-order valence-corrected chi connectivity index (χ0v) is 17.9. The van der Waals surface area contributed by atoms with Crippen molar-refractivity contribution < 1.29 is 14.6 Å². The predicted molar refractivity (Wildman–Crippen MR) is 127 cm³/mol. The van der Waals surface area contributed by atoms with Gasteiger partial charge < -0.3 is 14.4 Å². The number of nitrogens with zero attached hydrogens (tertiary/aromatic N) is 2. The van der Waals surface area contributed by atoms with Gasteiger partial charge in [0.2, 0.25) is 0 Å². The van der Waals surface area contributed by atoms with E-state index in [1.165, 1.54) is 0 Å². The Kier molecular flexibility index (Phi) is 4.86. The van der Waals surface area contributed by atoms with Gasteiger partial charge in [0.1, 0.15) is 5.75 Å². The zero-order chi connectivity index (χ0) is 22.2. The number of ether oxygens (including phenoxy) is 1. The number of carboxylic acids is 1. The second-order valence-corrected chi connectivity index (χ2v) is 7.76. The van der Waals surface area contributed by atoms with Crippen LogP contribution < -0.4 is 4.74 Å². The molecule has 0 saturated heterocycles. The van der Waals surface area contributed by atoms with E-state index in [2.05, 4.69) is 16.7 Å². The fourth-order valence-corrected chi connectivity index (χ4v) is 4.37. The first kappa shape index (κ1) is 19.8. The van der Waals surface area contributed by atoms with Crippen LogP contribution in [-0.2, 0) is 11.2 Å². The van der Waals surface area contributed by atoms with E-state index < -0.39 is 5.97 Å². The Hall–Kier alpha value is -4.12. The monoisotopic (exact) mass is 422 g/mol. The van der Waals surface area contributed by atoms with Crippen molar-refractivity contribution >= 4 is 27.8 Å². The molecule has 0 aliphatic carbocycles. The van der Waals surface area contributed by atoms with Gasteiger partial charge >= 0.3 is 5.97 Å². The maximum atomic E-state index is 11.7. The highest BCUT2D eigenvalue weighted by molar-refractivity contribution is 5.96. The van der Waals surface area contributed by atoms with Crippen molar-refractivity contribution in [2.24, 2.45) is 0 Å². The molecule has 5 nitrogen and oxygen atoms in total. The molecule has 0 fully saturated rings. The average Bonchev–Trinajstić information content (AvgIpc) is 3.09. The molecule has 158 valence electrons. The minimum Gasteiger partial charge on any atom is -0.497 e. The van der Waals surface area contributed by atoms with E-state index >= 15 is 0 Å². The molecule has 2 heterocycles. The van der Waals surface area contributed by atoms with Crippen molar-refractivity contribution in [1.29, 1.82) is 0 Å². The molecule has 3 aromatic carbocycles. The molecule has 32 heavy (non-hydrogen) atoms. The summed E-state index contributed by atoms with van der Waals surface area (Å²) < 4.78 is 7.56. The minimum atomic E-state index is -0.862. The van der Waals surface area contributed by atoms with Gasteiger partial charge in [0.05, 0.1) is 35.9 Å². The molecule has 0 amide bonds. The number of pyridine rings is 1. The van der Waals surface area contributed by atoms with Crippen LogP contribution in [-0.4, -0.2) is 27.7 Å². The number of hydrogen-bond donors (Lipinski definition) is 1. The van der Waals surface area contributed by atoms with Crippen LogP contribution in [0, 0.1) is 6.92 Å². The SMILES string of the molecule is COc1ccc2c(c1)c(CC(=O)O)c(C)n2-c1cc(-c2ccccc2)nc2ccccc12. The summed E-state index contributed by atoms with van der Waals surface area (Å²) in [6.45, 7) is 1.97. The molecule has 0 spiro atoms. The van der Waals surface area contributed by atoms with Gasteiger partial charge in [-0.25, -0.2) is 4.98 Å². The van der Waals surface area contributed by atoms with Gasteiger partial charge in [-0.15, -0.1) is 0 Å². The minimum absolute atomic E-state index is 0.0585. The number of aromatic nitrogens is 2. The van der Waals surface area contributed by atoms with Crippen LogP contribution in [0.1, 0.15) is 11.3 Å². The predicted octanol–water partition coefficient (Wildman–Crippen LogP) is 5.79. The number of benzene rings is 3. The second kappa shape index (κ2) is 7.85. The highest BCUT2D eigenvalue weighted by Crippen LogP contribution is 2.36. The number of methoxy groups -OCH3 is 1. The largest absolute Gasteiger partial charge is 0.497 e. The van der Waals surface area contributed by atoms with Gasteiger partial charge in [-0.05, 0) is 42.8 Å². The molecule has 5 heteroatoms. The maximum absolute atomic E-state index is 11.7. The lowest BCUT2D eigenvalue weighted by Crippen LogP contribution is -2.04. The van der Waals surface area contributed by atoms with Gasteiger partial charge in [0, 0.05) is 22.0 Å². The number of carbonyl (C=O) groups is 1. The Morgan fingerprint density at radius 2 is 1.72 bits per heavy atom. The smallest absolute Gasteiger partial charge is 0.307 e. The zero-order valence-electron chi connectivity index (χ0n) is 17.9. The van der Waals surface area contributed by atoms with Crippen LogP contribution in [0.25, 0.3) is 38.8 Å². The molecule has 0 atom stereocenters. The van der Waals surface area contributed by atoms with Gasteiger partial charge in [-0.1, -0.05) is 48.5 Å². The van der Waals surface area contributed by atoms with E-state index in [0.717, 1.165) is 50.0 Å². The third kappa shape index (κ3) is 3.28. The number of aliphatic carboxylic acids is 1. The van der Waals surface area contributed by atoms with E-state index in [-0.39, 0.29) is 6.42 Å². The van der Waals surface area contributed by atoms with Gasteiger partial charge in [-0.2, -0.15) is 0 Å². The van der Waals surface area contributed by atoms with Crippen LogP contribution in [0.3, 0.4) is 0 Å². The number of fused-ring (bicyclic) bond motifs is 2. The van der Waals surface area contributed by atoms with Crippen LogP contribution >= 0.6 is 0 Å². The van der Waals surface area contributed by atoms with Crippen LogP contribution in [0.4, 0.5) is 0 Å². The van der Waals surface area contributed by atoms with Crippen molar-refractivity contribution in [3.8, 4) is 22.7 Å². The second-order valence-electron chi connectivity index (χ2n) is 7.76. The Balaban J connectivity index is 1.87. The summed E-state index contributed by atoms with van der Waals surface area (Å²) in [5, 5.41) is 11.5. The van der Waals surface area contributed by atoms with Crippen molar-refractivity contribution in [2.75, 3.05) is 7.11 Å². The van der Waals surface area contributed by atoms with E-state index in [1.54, 1.807) is 7.11 Å². The normalized spacial score (nSPS) is 11.2. The fraction of sp³-hybridized carbons (Fsp3) is 0.111. The van der Waals surface area contributed by atoms with Crippen LogP contribution in [0.2, 0.25) is 0 Å². The van der Waals surface area contributed by atoms with E-state index in [0.29, 0.717) is 5.75 Å². The summed E-state index contributed by atoms with van der Waals surface area (Å²) in [5.41, 5.74) is 6.38. The highest BCUT2D eigenvalue weighted by Gasteiger charge is 2.20. The van der Waals surface area contributed by atoms with Crippen molar-refractivity contribution in [2.45, 2.75) is 13.3 Å². The molecule has 2 aromatic heterocycles. The quantitative estimate of drug-likeness (QED) is 0.389. The van der Waals surface area contributed by atoms with Gasteiger partial charge in [0.15, 0.2) is 0 Å². The molecular weight excluding hydrogens is 400 g/mol. The first-order valence-corrected chi connectivity index (χ1v) is 10.4. The Morgan fingerprint density at radius 3 is 2.47 bits per heavy atom. The topological polar surface area (TPSA) is 64.3 Å². The number of hydrogen-bond acceptors (Lipinski definition) is 3. The molecular formula is C27H22N2O3. The fourth-order valence-electron chi connectivity index (χ4n) is 4.37. The van der Waals surface area contributed by atoms with Crippen LogP contribution in [0.5, 0.6) is 5.75 Å². The van der Waals surface area contributed by atoms with Crippen molar-refractivity contribution in [1.82, 2.24) is 9.55 Å². The average molecular weight is 422 g/mol. The number of rotatable bonds is 5. The molecule has 5 aromatic rings. The summed E-state index contributed by atoms with van der Waals surface area (Å²) in [6, 6.07) is 26.0. The van der Waals surface area contributed by atoms with Gasteiger partial charge in [-0.3, -0.25) is 4.79 Å². The molecule has 1 N–H and O–H groups in total. The lowest BCUT2D eigenvalue weighted by molar-refractivity contribution is -0.136. The third-order valence-corrected chi connectivity index (χ3v) is 5.87. The summed E-state index contributed by atoms with van der Waals surface area (Å²) in [7, 11) is 1.62. The Labute approximate surface area is 185 Å². The first-order valence-electron chi connectivity index (χ1n) is 10.4. The summed E-state index contributed by atoms with van der Waals surface area (Å²) >= 11 is 0. The van der Waals surface area contributed by atoms with Crippen molar-refractivity contribution in [3.63, 3.8) is 0 Å². The molecule has 0 bridgehead atoms. The summed E-state index contributed by atoms with van der Waals surface area (Å²) in [5.74, 6) is -0.162. The Morgan fingerprint density at radius 1 is 0.969 bits per heavy atom. The summed E-state index contributed by atoms with van der Waals surface area (Å²) in [4.78, 5) is 16.6. The molecule has 0 aliphatic heterocycles. The molecule has 5 rings (SSSR count). The first-order chi connectivity index (χ1) is 15.6. The van der Waals surface area contributed by atoms with E-state index in [4.69, 9.17) is 9.72 Å². The standard InChI is InChI=1S/C27H22N2O3/c1-17-21(15-27(30)31)22-14-19(32-2)12-13-25(22)29(17)26-16-24(18-8-4-3-5-9-18)28-23-11-7-6-10-20(23)26/h3-14,16H,15H2,1-2H3,(H,30,31). The molecule has 0 unspecified atom stereocenters.